The number of amides is 1. The SMILES string of the molecule is CN(C)CCCn1ccnc1[C@H]1CCCN(C(=O)c2cc3sccc3[nH]2)C1. The molecule has 0 radical (unpaired) electrons. The summed E-state index contributed by atoms with van der Waals surface area (Å²) in [5.74, 6) is 1.54. The van der Waals surface area contributed by atoms with Crippen molar-refractivity contribution in [2.24, 2.45) is 0 Å². The molecular formula is C20H27N5OS. The second kappa shape index (κ2) is 7.86. The number of piperidine rings is 1. The van der Waals surface area contributed by atoms with Gasteiger partial charge in [0.05, 0.1) is 10.2 Å². The van der Waals surface area contributed by atoms with Crippen molar-refractivity contribution in [2.75, 3.05) is 33.7 Å². The summed E-state index contributed by atoms with van der Waals surface area (Å²) in [6, 6.07) is 4.01. The van der Waals surface area contributed by atoms with Gasteiger partial charge in [-0.05, 0) is 57.4 Å². The summed E-state index contributed by atoms with van der Waals surface area (Å²) in [4.78, 5) is 25.1. The summed E-state index contributed by atoms with van der Waals surface area (Å²) in [7, 11) is 4.20. The number of carbonyl (C=O) groups is 1. The van der Waals surface area contributed by atoms with E-state index >= 15 is 0 Å². The molecule has 144 valence electrons. The van der Waals surface area contributed by atoms with Crippen molar-refractivity contribution in [3.05, 3.63) is 41.4 Å². The largest absolute Gasteiger partial charge is 0.350 e. The Morgan fingerprint density at radius 1 is 1.44 bits per heavy atom. The Hall–Kier alpha value is -2.12. The van der Waals surface area contributed by atoms with Crippen LogP contribution in [0.25, 0.3) is 10.2 Å². The minimum Gasteiger partial charge on any atom is -0.350 e. The monoisotopic (exact) mass is 385 g/mol. The number of nitrogens with zero attached hydrogens (tertiary/aromatic N) is 4. The van der Waals surface area contributed by atoms with Crippen molar-refractivity contribution in [1.82, 2.24) is 24.3 Å². The molecule has 0 aliphatic carbocycles. The smallest absolute Gasteiger partial charge is 0.270 e. The Morgan fingerprint density at radius 3 is 3.15 bits per heavy atom. The van der Waals surface area contributed by atoms with Gasteiger partial charge in [-0.1, -0.05) is 0 Å². The maximum Gasteiger partial charge on any atom is 0.270 e. The van der Waals surface area contributed by atoms with Crippen molar-refractivity contribution in [1.29, 1.82) is 0 Å². The molecule has 4 heterocycles. The fraction of sp³-hybridized carbons (Fsp3) is 0.500. The number of hydrogen-bond donors (Lipinski definition) is 1. The molecule has 3 aromatic rings. The van der Waals surface area contributed by atoms with Gasteiger partial charge >= 0.3 is 0 Å². The normalized spacial score (nSPS) is 17.9. The number of H-pyrrole nitrogens is 1. The van der Waals surface area contributed by atoms with E-state index in [0.717, 1.165) is 61.5 Å². The molecule has 6 nitrogen and oxygen atoms in total. The third-order valence-electron chi connectivity index (χ3n) is 5.30. The van der Waals surface area contributed by atoms with E-state index in [4.69, 9.17) is 0 Å². The first-order valence-electron chi connectivity index (χ1n) is 9.63. The molecule has 0 saturated carbocycles. The first-order chi connectivity index (χ1) is 13.1. The van der Waals surface area contributed by atoms with Gasteiger partial charge < -0.3 is 19.4 Å². The van der Waals surface area contributed by atoms with E-state index in [1.807, 2.05) is 28.6 Å². The lowest BCUT2D eigenvalue weighted by Gasteiger charge is -2.32. The van der Waals surface area contributed by atoms with Crippen LogP contribution in [0, 0.1) is 0 Å². The number of imidazole rings is 1. The number of nitrogens with one attached hydrogen (secondary N) is 1. The van der Waals surface area contributed by atoms with Crippen molar-refractivity contribution in [3.8, 4) is 0 Å². The predicted octanol–water partition coefficient (Wildman–Crippen LogP) is 3.40. The zero-order valence-corrected chi connectivity index (χ0v) is 16.8. The second-order valence-corrected chi connectivity index (χ2v) is 8.56. The van der Waals surface area contributed by atoms with Crippen LogP contribution in [-0.2, 0) is 6.54 Å². The average Bonchev–Trinajstić information content (AvgIpc) is 3.36. The molecule has 27 heavy (non-hydrogen) atoms. The van der Waals surface area contributed by atoms with Crippen LogP contribution >= 0.6 is 11.3 Å². The average molecular weight is 386 g/mol. The molecule has 1 aliphatic heterocycles. The highest BCUT2D eigenvalue weighted by Crippen LogP contribution is 2.28. The molecule has 0 unspecified atom stereocenters. The maximum atomic E-state index is 13.0. The van der Waals surface area contributed by atoms with E-state index in [0.29, 0.717) is 11.6 Å². The lowest BCUT2D eigenvalue weighted by atomic mass is 9.96. The molecule has 1 aliphatic rings. The van der Waals surface area contributed by atoms with Gasteiger partial charge in [0.25, 0.3) is 5.91 Å². The summed E-state index contributed by atoms with van der Waals surface area (Å²) >= 11 is 1.66. The lowest BCUT2D eigenvalue weighted by Crippen LogP contribution is -2.40. The van der Waals surface area contributed by atoms with Gasteiger partial charge in [-0.25, -0.2) is 4.98 Å². The Morgan fingerprint density at radius 2 is 2.33 bits per heavy atom. The second-order valence-electron chi connectivity index (χ2n) is 7.61. The van der Waals surface area contributed by atoms with Crippen LogP contribution in [0.5, 0.6) is 0 Å². The topological polar surface area (TPSA) is 57.2 Å². The summed E-state index contributed by atoms with van der Waals surface area (Å²) in [5, 5.41) is 2.04. The van der Waals surface area contributed by atoms with Crippen molar-refractivity contribution >= 4 is 27.5 Å². The standard InChI is InChI=1S/C20H27N5OS/c1-23(2)8-4-10-24-11-7-21-19(24)15-5-3-9-25(14-15)20(26)17-13-18-16(22-17)6-12-27-18/h6-7,11-13,15,22H,3-5,8-10,14H2,1-2H3/t15-/m0/s1. The quantitative estimate of drug-likeness (QED) is 0.708. The van der Waals surface area contributed by atoms with Crippen LogP contribution in [-0.4, -0.2) is 64.0 Å². The van der Waals surface area contributed by atoms with E-state index < -0.39 is 0 Å². The Kier molecular flexibility index (Phi) is 5.31. The number of thiophene rings is 1. The molecule has 7 heteroatoms. The Balaban J connectivity index is 1.44. The van der Waals surface area contributed by atoms with Crippen LogP contribution in [0.1, 0.15) is 41.5 Å². The number of hydrogen-bond acceptors (Lipinski definition) is 4. The highest BCUT2D eigenvalue weighted by Gasteiger charge is 2.28. The number of carbonyl (C=O) groups excluding carboxylic acids is 1. The summed E-state index contributed by atoms with van der Waals surface area (Å²) in [5.41, 5.74) is 1.75. The van der Waals surface area contributed by atoms with Crippen molar-refractivity contribution in [3.63, 3.8) is 0 Å². The Labute approximate surface area is 163 Å². The Bertz CT molecular complexity index is 880. The van der Waals surface area contributed by atoms with E-state index in [2.05, 4.69) is 39.7 Å². The van der Waals surface area contributed by atoms with Crippen LogP contribution in [0.4, 0.5) is 0 Å². The molecule has 1 saturated heterocycles. The zero-order valence-electron chi connectivity index (χ0n) is 16.0. The van der Waals surface area contributed by atoms with E-state index in [1.165, 1.54) is 0 Å². The van der Waals surface area contributed by atoms with E-state index in [-0.39, 0.29) is 5.91 Å². The highest BCUT2D eigenvalue weighted by molar-refractivity contribution is 7.17. The van der Waals surface area contributed by atoms with Crippen molar-refractivity contribution < 1.29 is 4.79 Å². The molecule has 1 fully saturated rings. The minimum atomic E-state index is 0.105. The van der Waals surface area contributed by atoms with E-state index in [9.17, 15) is 4.79 Å². The molecule has 4 rings (SSSR count). The maximum absolute atomic E-state index is 13.0. The minimum absolute atomic E-state index is 0.105. The number of rotatable bonds is 6. The summed E-state index contributed by atoms with van der Waals surface area (Å²) in [6.07, 6.45) is 7.19. The van der Waals surface area contributed by atoms with Gasteiger partial charge in [-0.3, -0.25) is 4.79 Å². The first kappa shape index (κ1) is 18.3. The number of fused-ring (bicyclic) bond motifs is 1. The van der Waals surface area contributed by atoms with Gasteiger partial charge in [0.1, 0.15) is 11.5 Å². The van der Waals surface area contributed by atoms with Gasteiger partial charge in [0.2, 0.25) is 0 Å². The van der Waals surface area contributed by atoms with Gasteiger partial charge in [0, 0.05) is 37.9 Å². The third kappa shape index (κ3) is 3.94. The molecule has 0 spiro atoms. The number of aromatic nitrogens is 3. The van der Waals surface area contributed by atoms with Gasteiger partial charge in [0.15, 0.2) is 0 Å². The van der Waals surface area contributed by atoms with Crippen molar-refractivity contribution in [2.45, 2.75) is 31.7 Å². The van der Waals surface area contributed by atoms with E-state index in [1.54, 1.807) is 11.3 Å². The fourth-order valence-corrected chi connectivity index (χ4v) is 4.72. The van der Waals surface area contributed by atoms with Crippen LogP contribution in [0.3, 0.4) is 0 Å². The van der Waals surface area contributed by atoms with Gasteiger partial charge in [-0.2, -0.15) is 0 Å². The molecule has 1 N–H and O–H groups in total. The predicted molar refractivity (Wildman–Crippen MR) is 109 cm³/mol. The van der Waals surface area contributed by atoms with Crippen LogP contribution < -0.4 is 0 Å². The van der Waals surface area contributed by atoms with Crippen LogP contribution in [0.15, 0.2) is 29.9 Å². The summed E-state index contributed by atoms with van der Waals surface area (Å²) in [6.45, 7) is 3.61. The van der Waals surface area contributed by atoms with Gasteiger partial charge in [-0.15, -0.1) is 11.3 Å². The molecule has 3 aromatic heterocycles. The number of likely N-dealkylation sites (tertiary alicyclic amines) is 1. The first-order valence-corrected chi connectivity index (χ1v) is 10.5. The van der Waals surface area contributed by atoms with Crippen LogP contribution in [0.2, 0.25) is 0 Å². The molecule has 1 amide bonds. The number of aromatic amines is 1. The molecule has 1 atom stereocenters. The lowest BCUT2D eigenvalue weighted by molar-refractivity contribution is 0.0698. The summed E-state index contributed by atoms with van der Waals surface area (Å²) < 4.78 is 3.41. The molecular weight excluding hydrogens is 358 g/mol. The highest BCUT2D eigenvalue weighted by atomic mass is 32.1. The number of aryl methyl sites for hydroxylation is 1. The zero-order chi connectivity index (χ0) is 18.8. The third-order valence-corrected chi connectivity index (χ3v) is 6.16. The molecule has 0 bridgehead atoms. The molecule has 0 aromatic carbocycles. The fourth-order valence-electron chi connectivity index (χ4n) is 3.93.